The molecule has 3 aromatic rings. The summed E-state index contributed by atoms with van der Waals surface area (Å²) in [7, 11) is -2.77. The minimum absolute atomic E-state index is 0.0862. The second-order valence-electron chi connectivity index (χ2n) is 7.43. The first kappa shape index (κ1) is 23.3. The van der Waals surface area contributed by atoms with Crippen molar-refractivity contribution in [2.24, 2.45) is 0 Å². The maximum Gasteiger partial charge on any atom is 0.264 e. The Kier molecular flexibility index (Phi) is 7.15. The van der Waals surface area contributed by atoms with Gasteiger partial charge in [-0.25, -0.2) is 12.8 Å². The van der Waals surface area contributed by atoms with E-state index >= 15 is 0 Å². The topological polar surface area (TPSA) is 75.7 Å². The van der Waals surface area contributed by atoms with Crippen molar-refractivity contribution in [3.8, 4) is 5.75 Å². The van der Waals surface area contributed by atoms with E-state index in [1.54, 1.807) is 12.1 Å². The van der Waals surface area contributed by atoms with Gasteiger partial charge in [0.2, 0.25) is 5.91 Å². The molecule has 168 valence electrons. The summed E-state index contributed by atoms with van der Waals surface area (Å²) in [6.45, 7) is 3.39. The molecule has 0 saturated heterocycles. The van der Waals surface area contributed by atoms with Crippen LogP contribution in [0.25, 0.3) is 0 Å². The minimum Gasteiger partial charge on any atom is -0.497 e. The number of methoxy groups -OCH3 is 1. The van der Waals surface area contributed by atoms with Crippen LogP contribution in [0.15, 0.2) is 77.7 Å². The minimum atomic E-state index is -4.24. The molecule has 0 saturated carbocycles. The van der Waals surface area contributed by atoms with E-state index < -0.39 is 28.3 Å². The summed E-state index contributed by atoms with van der Waals surface area (Å²) in [6.07, 6.45) is 0. The van der Waals surface area contributed by atoms with Gasteiger partial charge in [0, 0.05) is 5.69 Å². The number of halogens is 1. The van der Waals surface area contributed by atoms with Crippen LogP contribution in [-0.2, 0) is 14.8 Å². The van der Waals surface area contributed by atoms with E-state index in [4.69, 9.17) is 4.74 Å². The van der Waals surface area contributed by atoms with Crippen molar-refractivity contribution >= 4 is 27.3 Å². The fraction of sp³-hybridized carbons (Fsp3) is 0.208. The van der Waals surface area contributed by atoms with Crippen LogP contribution in [0.2, 0.25) is 0 Å². The molecule has 0 atom stereocenters. The molecule has 0 bridgehead atoms. The number of sulfonamides is 1. The van der Waals surface area contributed by atoms with Crippen LogP contribution in [0, 0.1) is 5.82 Å². The van der Waals surface area contributed by atoms with E-state index in [-0.39, 0.29) is 16.5 Å². The molecular formula is C24H25FN2O4S. The first-order chi connectivity index (χ1) is 15.2. The maximum atomic E-state index is 14.6. The predicted octanol–water partition coefficient (Wildman–Crippen LogP) is 4.79. The first-order valence-electron chi connectivity index (χ1n) is 10.0. The Morgan fingerprint density at radius 2 is 1.62 bits per heavy atom. The quantitative estimate of drug-likeness (QED) is 0.529. The van der Waals surface area contributed by atoms with Crippen molar-refractivity contribution in [3.63, 3.8) is 0 Å². The van der Waals surface area contributed by atoms with Crippen molar-refractivity contribution in [2.75, 3.05) is 23.3 Å². The fourth-order valence-electron chi connectivity index (χ4n) is 3.26. The maximum absolute atomic E-state index is 14.6. The number of nitrogens with zero attached hydrogens (tertiary/aromatic N) is 1. The number of nitrogens with one attached hydrogen (secondary N) is 1. The summed E-state index contributed by atoms with van der Waals surface area (Å²) in [5, 5.41) is 2.77. The number of carbonyl (C=O) groups excluding carboxylic acids is 1. The van der Waals surface area contributed by atoms with Crippen LogP contribution < -0.4 is 14.4 Å². The highest BCUT2D eigenvalue weighted by molar-refractivity contribution is 7.92. The van der Waals surface area contributed by atoms with Crippen molar-refractivity contribution in [1.82, 2.24) is 0 Å². The highest BCUT2D eigenvalue weighted by atomic mass is 32.2. The van der Waals surface area contributed by atoms with E-state index in [0.717, 1.165) is 15.9 Å². The van der Waals surface area contributed by atoms with Crippen LogP contribution in [0.3, 0.4) is 0 Å². The molecular weight excluding hydrogens is 431 g/mol. The third kappa shape index (κ3) is 5.08. The highest BCUT2D eigenvalue weighted by Gasteiger charge is 2.29. The summed E-state index contributed by atoms with van der Waals surface area (Å²) in [5.74, 6) is -0.708. The average molecular weight is 457 g/mol. The molecule has 0 unspecified atom stereocenters. The molecule has 32 heavy (non-hydrogen) atoms. The Bertz CT molecular complexity index is 1190. The van der Waals surface area contributed by atoms with Crippen molar-refractivity contribution in [2.45, 2.75) is 24.7 Å². The monoisotopic (exact) mass is 456 g/mol. The van der Waals surface area contributed by atoms with Gasteiger partial charge in [-0.05, 0) is 53.9 Å². The number of ether oxygens (including phenoxy) is 1. The average Bonchev–Trinajstić information content (AvgIpc) is 2.78. The van der Waals surface area contributed by atoms with Gasteiger partial charge in [-0.2, -0.15) is 0 Å². The number of para-hydroxylation sites is 2. The molecule has 0 aliphatic carbocycles. The van der Waals surface area contributed by atoms with Crippen LogP contribution in [0.1, 0.15) is 25.3 Å². The molecule has 0 heterocycles. The number of anilines is 2. The van der Waals surface area contributed by atoms with Gasteiger partial charge >= 0.3 is 0 Å². The zero-order valence-corrected chi connectivity index (χ0v) is 18.9. The van der Waals surface area contributed by atoms with Gasteiger partial charge in [0.15, 0.2) is 0 Å². The largest absolute Gasteiger partial charge is 0.497 e. The summed E-state index contributed by atoms with van der Waals surface area (Å²) < 4.78 is 47.2. The van der Waals surface area contributed by atoms with E-state index in [2.05, 4.69) is 5.32 Å². The molecule has 6 nitrogen and oxygen atoms in total. The molecule has 0 radical (unpaired) electrons. The molecule has 0 spiro atoms. The van der Waals surface area contributed by atoms with Crippen molar-refractivity contribution in [1.29, 1.82) is 0 Å². The Morgan fingerprint density at radius 3 is 2.25 bits per heavy atom. The van der Waals surface area contributed by atoms with Crippen molar-refractivity contribution < 1.29 is 22.3 Å². The molecule has 3 aromatic carbocycles. The smallest absolute Gasteiger partial charge is 0.264 e. The van der Waals surface area contributed by atoms with E-state index in [1.165, 1.54) is 49.6 Å². The molecule has 0 aliphatic rings. The van der Waals surface area contributed by atoms with Crippen LogP contribution >= 0.6 is 0 Å². The first-order valence-corrected chi connectivity index (χ1v) is 11.5. The number of hydrogen-bond acceptors (Lipinski definition) is 4. The van der Waals surface area contributed by atoms with Gasteiger partial charge in [-0.1, -0.05) is 44.2 Å². The standard InChI is InChI=1S/C24H25FN2O4S/c1-17(2)20-8-4-6-10-22(20)26-24(28)16-27(23-11-7-5-9-21(23)25)32(29,30)19-14-12-18(31-3)13-15-19/h4-15,17H,16H2,1-3H3,(H,26,28). The SMILES string of the molecule is COc1ccc(S(=O)(=O)N(CC(=O)Nc2ccccc2C(C)C)c2ccccc2F)cc1. The van der Waals surface area contributed by atoms with Gasteiger partial charge in [0.25, 0.3) is 10.0 Å². The molecule has 8 heteroatoms. The number of benzene rings is 3. The number of hydrogen-bond donors (Lipinski definition) is 1. The molecule has 3 rings (SSSR count). The lowest BCUT2D eigenvalue weighted by Gasteiger charge is -2.25. The number of carbonyl (C=O) groups is 1. The van der Waals surface area contributed by atoms with E-state index in [9.17, 15) is 17.6 Å². The zero-order valence-electron chi connectivity index (χ0n) is 18.1. The number of rotatable bonds is 8. The van der Waals surface area contributed by atoms with E-state index in [1.807, 2.05) is 26.0 Å². The van der Waals surface area contributed by atoms with E-state index in [0.29, 0.717) is 11.4 Å². The van der Waals surface area contributed by atoms with Gasteiger partial charge in [0.05, 0.1) is 17.7 Å². The normalized spacial score (nSPS) is 11.3. The van der Waals surface area contributed by atoms with Crippen LogP contribution in [-0.4, -0.2) is 28.0 Å². The molecule has 0 aliphatic heterocycles. The van der Waals surface area contributed by atoms with Gasteiger partial charge in [-0.15, -0.1) is 0 Å². The Labute approximate surface area is 187 Å². The predicted molar refractivity (Wildman–Crippen MR) is 123 cm³/mol. The molecule has 1 amide bonds. The number of amides is 1. The zero-order chi connectivity index (χ0) is 23.3. The second kappa shape index (κ2) is 9.82. The van der Waals surface area contributed by atoms with Gasteiger partial charge < -0.3 is 10.1 Å². The third-order valence-electron chi connectivity index (χ3n) is 4.91. The molecule has 0 fully saturated rings. The third-order valence-corrected chi connectivity index (χ3v) is 6.69. The van der Waals surface area contributed by atoms with Gasteiger partial charge in [-0.3, -0.25) is 9.10 Å². The molecule has 1 N–H and O–H groups in total. The fourth-order valence-corrected chi connectivity index (χ4v) is 4.69. The highest BCUT2D eigenvalue weighted by Crippen LogP contribution is 2.28. The Morgan fingerprint density at radius 1 is 1.00 bits per heavy atom. The lowest BCUT2D eigenvalue weighted by Crippen LogP contribution is -2.38. The second-order valence-corrected chi connectivity index (χ2v) is 9.29. The molecule has 0 aromatic heterocycles. The van der Waals surface area contributed by atoms with Crippen LogP contribution in [0.4, 0.5) is 15.8 Å². The van der Waals surface area contributed by atoms with Gasteiger partial charge in [0.1, 0.15) is 18.1 Å². The lowest BCUT2D eigenvalue weighted by molar-refractivity contribution is -0.114. The summed E-state index contributed by atoms with van der Waals surface area (Å²) in [6, 6.07) is 18.4. The lowest BCUT2D eigenvalue weighted by atomic mass is 10.0. The summed E-state index contributed by atoms with van der Waals surface area (Å²) in [5.41, 5.74) is 1.29. The van der Waals surface area contributed by atoms with Crippen LogP contribution in [0.5, 0.6) is 5.75 Å². The van der Waals surface area contributed by atoms with Crippen molar-refractivity contribution in [3.05, 3.63) is 84.2 Å². The summed E-state index contributed by atoms with van der Waals surface area (Å²) >= 11 is 0. The Hall–Kier alpha value is -3.39. The Balaban J connectivity index is 1.97. The summed E-state index contributed by atoms with van der Waals surface area (Å²) in [4.78, 5) is 12.8.